The summed E-state index contributed by atoms with van der Waals surface area (Å²) in [6, 6.07) is 21.6. The summed E-state index contributed by atoms with van der Waals surface area (Å²) in [7, 11) is -8.79. The number of non-ortho nitro benzene ring substituents is 2. The van der Waals surface area contributed by atoms with E-state index in [9.17, 15) is 46.7 Å². The summed E-state index contributed by atoms with van der Waals surface area (Å²) in [5, 5.41) is 22.2. The number of sulfonamides is 2. The van der Waals surface area contributed by atoms with Crippen molar-refractivity contribution in [2.45, 2.75) is 132 Å². The average Bonchev–Trinajstić information content (AvgIpc) is 3.30. The van der Waals surface area contributed by atoms with Gasteiger partial charge >= 0.3 is 0 Å². The molecule has 2 atom stereocenters. The molecule has 67 heavy (non-hydrogen) atoms. The molecule has 0 aliphatic rings. The zero-order chi connectivity index (χ0) is 48.7. The third kappa shape index (κ3) is 17.8. The second-order valence-corrected chi connectivity index (χ2v) is 19.1. The van der Waals surface area contributed by atoms with Crippen LogP contribution in [0.5, 0.6) is 23.0 Å². The van der Waals surface area contributed by atoms with Gasteiger partial charge < -0.3 is 18.9 Å². The Bertz CT molecular complexity index is 2270. The van der Waals surface area contributed by atoms with Gasteiger partial charge in [-0.05, 0) is 74.2 Å². The van der Waals surface area contributed by atoms with Crippen molar-refractivity contribution in [3.8, 4) is 23.0 Å². The van der Waals surface area contributed by atoms with Crippen molar-refractivity contribution < 1.29 is 55.2 Å². The lowest BCUT2D eigenvalue weighted by molar-refractivity contribution is -0.385. The van der Waals surface area contributed by atoms with Crippen molar-refractivity contribution in [3.63, 3.8) is 0 Å². The normalized spacial score (nSPS) is 12.3. The summed E-state index contributed by atoms with van der Waals surface area (Å²) in [5.74, 6) is -0.838. The number of rotatable bonds is 32. The lowest BCUT2D eigenvalue weighted by Crippen LogP contribution is -2.41. The molecule has 0 spiro atoms. The number of para-hydroxylation sites is 4. The van der Waals surface area contributed by atoms with Crippen molar-refractivity contribution in [1.29, 1.82) is 0 Å². The van der Waals surface area contributed by atoms with Crippen LogP contribution in [0.2, 0.25) is 0 Å². The summed E-state index contributed by atoms with van der Waals surface area (Å²) >= 11 is 0. The first-order valence-electron chi connectivity index (χ1n) is 22.5. The van der Waals surface area contributed by atoms with Crippen LogP contribution < -0.4 is 28.4 Å². The van der Waals surface area contributed by atoms with Gasteiger partial charge in [0, 0.05) is 30.7 Å². The number of nitrogens with one attached hydrogen (secondary N) is 2. The fraction of sp³-hybridized carbons (Fsp3) is 0.447. The van der Waals surface area contributed by atoms with E-state index in [0.29, 0.717) is 19.3 Å². The lowest BCUT2D eigenvalue weighted by atomic mass is 10.1. The molecule has 0 saturated heterocycles. The topological polar surface area (TPSA) is 250 Å². The molecular weight excluding hydrogens is 909 g/mol. The van der Waals surface area contributed by atoms with Crippen LogP contribution in [0, 0.1) is 20.2 Å². The minimum absolute atomic E-state index is 0.121. The van der Waals surface area contributed by atoms with Gasteiger partial charge in [0.1, 0.15) is 0 Å². The van der Waals surface area contributed by atoms with Gasteiger partial charge in [-0.1, -0.05) is 102 Å². The highest BCUT2D eigenvalue weighted by molar-refractivity contribution is 7.90. The summed E-state index contributed by atoms with van der Waals surface area (Å²) in [6.45, 7) is 4.45. The van der Waals surface area contributed by atoms with E-state index in [1.807, 2.05) is 0 Å². The SMILES string of the molecule is CCCCCCCCC(Oc1ccccc1OCCCOc1ccccc1OC(CCCCCCCC)C(=O)NS(=O)(=O)c1ccc([N+](=O)[O-])cc1)C(=O)NS(=O)(=O)c1ccc([N+](=O)[O-])cc1. The summed E-state index contributed by atoms with van der Waals surface area (Å²) in [4.78, 5) is 47.3. The maximum atomic E-state index is 13.5. The zero-order valence-electron chi connectivity index (χ0n) is 37.8. The summed E-state index contributed by atoms with van der Waals surface area (Å²) < 4.78 is 81.1. The lowest BCUT2D eigenvalue weighted by Gasteiger charge is -2.21. The van der Waals surface area contributed by atoms with E-state index in [1.165, 1.54) is 0 Å². The molecule has 2 unspecified atom stereocenters. The monoisotopic (exact) mass is 968 g/mol. The Hall–Kier alpha value is -6.28. The van der Waals surface area contributed by atoms with Crippen molar-refractivity contribution in [2.75, 3.05) is 13.2 Å². The molecule has 364 valence electrons. The Morgan fingerprint density at radius 1 is 0.493 bits per heavy atom. The van der Waals surface area contributed by atoms with Gasteiger partial charge in [-0.3, -0.25) is 29.8 Å². The quantitative estimate of drug-likeness (QED) is 0.0263. The van der Waals surface area contributed by atoms with E-state index in [-0.39, 0.29) is 70.2 Å². The number of nitro groups is 2. The third-order valence-corrected chi connectivity index (χ3v) is 13.2. The van der Waals surface area contributed by atoms with Gasteiger partial charge in [0.15, 0.2) is 35.2 Å². The molecule has 0 radical (unpaired) electrons. The second-order valence-electron chi connectivity index (χ2n) is 15.7. The fourth-order valence-electron chi connectivity index (χ4n) is 6.78. The average molecular weight is 969 g/mol. The number of nitro benzene ring substituents is 2. The van der Waals surface area contributed by atoms with E-state index in [2.05, 4.69) is 23.3 Å². The van der Waals surface area contributed by atoms with Crippen LogP contribution in [0.1, 0.15) is 110 Å². The molecular formula is C47H60N4O14S2. The minimum atomic E-state index is -4.40. The highest BCUT2D eigenvalue weighted by Crippen LogP contribution is 2.31. The van der Waals surface area contributed by atoms with Gasteiger partial charge in [-0.2, -0.15) is 0 Å². The molecule has 4 aromatic carbocycles. The van der Waals surface area contributed by atoms with E-state index in [1.54, 1.807) is 48.5 Å². The van der Waals surface area contributed by atoms with E-state index < -0.39 is 53.9 Å². The fourth-order valence-corrected chi connectivity index (χ4v) is 8.80. The van der Waals surface area contributed by atoms with Gasteiger partial charge in [-0.15, -0.1) is 0 Å². The Morgan fingerprint density at radius 2 is 0.821 bits per heavy atom. The van der Waals surface area contributed by atoms with Crippen molar-refractivity contribution in [2.24, 2.45) is 0 Å². The number of carbonyl (C=O) groups excluding carboxylic acids is 2. The van der Waals surface area contributed by atoms with Crippen molar-refractivity contribution in [3.05, 3.63) is 117 Å². The smallest absolute Gasteiger partial charge is 0.274 e. The maximum absolute atomic E-state index is 13.5. The molecule has 18 nitrogen and oxygen atoms in total. The predicted molar refractivity (Wildman–Crippen MR) is 250 cm³/mol. The molecule has 0 heterocycles. The standard InChI is InChI=1S/C47H60N4O14S2/c1-3-5-7-9-11-13-24-44(46(52)48-66(58,59)38-30-26-36(27-31-38)50(54)55)64-42-22-17-15-20-40(42)62-34-19-35-63-41-21-16-18-23-43(41)65-45(25-14-12-10-8-6-4-2)47(53)49-67(60,61)39-32-28-37(29-33-39)51(56)57/h15-18,20-23,26-33,44-45H,3-14,19,24-25,34-35H2,1-2H3,(H,48,52)(H,49,53). The van der Waals surface area contributed by atoms with Crippen LogP contribution in [0.3, 0.4) is 0 Å². The largest absolute Gasteiger partial charge is 0.490 e. The molecule has 4 aromatic rings. The number of amides is 2. The van der Waals surface area contributed by atoms with Gasteiger partial charge in [0.2, 0.25) is 0 Å². The Morgan fingerprint density at radius 3 is 1.16 bits per heavy atom. The first-order chi connectivity index (χ1) is 32.1. The number of ether oxygens (including phenoxy) is 4. The number of benzene rings is 4. The number of nitrogens with zero attached hydrogens (tertiary/aromatic N) is 2. The van der Waals surface area contributed by atoms with Gasteiger partial charge in [0.05, 0.1) is 32.9 Å². The van der Waals surface area contributed by atoms with Gasteiger partial charge in [-0.25, -0.2) is 26.3 Å². The molecule has 0 aliphatic carbocycles. The maximum Gasteiger partial charge on any atom is 0.274 e. The number of hydrogen-bond donors (Lipinski definition) is 2. The van der Waals surface area contributed by atoms with Crippen molar-refractivity contribution in [1.82, 2.24) is 9.44 Å². The van der Waals surface area contributed by atoms with Crippen molar-refractivity contribution >= 4 is 43.2 Å². The predicted octanol–water partition coefficient (Wildman–Crippen LogP) is 9.36. The van der Waals surface area contributed by atoms with Crippen LogP contribution in [0.15, 0.2) is 107 Å². The van der Waals surface area contributed by atoms with Crippen LogP contribution >= 0.6 is 0 Å². The second kappa shape index (κ2) is 27.4. The molecule has 0 aromatic heterocycles. The Kier molecular flexibility index (Phi) is 21.8. The highest BCUT2D eigenvalue weighted by Gasteiger charge is 2.29. The first kappa shape index (κ1) is 53.3. The zero-order valence-corrected chi connectivity index (χ0v) is 39.5. The number of hydrogen-bond acceptors (Lipinski definition) is 14. The van der Waals surface area contributed by atoms with E-state index in [0.717, 1.165) is 113 Å². The molecule has 2 amide bonds. The molecule has 0 aliphatic heterocycles. The molecule has 0 saturated carbocycles. The van der Waals surface area contributed by atoms with Crippen LogP contribution in [0.4, 0.5) is 11.4 Å². The summed E-state index contributed by atoms with van der Waals surface area (Å²) in [6.07, 6.45) is 9.26. The Labute approximate surface area is 392 Å². The third-order valence-electron chi connectivity index (χ3n) is 10.5. The highest BCUT2D eigenvalue weighted by atomic mass is 32.2. The molecule has 0 bridgehead atoms. The molecule has 0 fully saturated rings. The van der Waals surface area contributed by atoms with Gasteiger partial charge in [0.25, 0.3) is 43.2 Å². The van der Waals surface area contributed by atoms with Crippen LogP contribution in [-0.4, -0.2) is 63.9 Å². The minimum Gasteiger partial charge on any atom is -0.490 e. The van der Waals surface area contributed by atoms with Crippen LogP contribution in [0.25, 0.3) is 0 Å². The summed E-state index contributed by atoms with van der Waals surface area (Å²) in [5.41, 5.74) is -0.606. The first-order valence-corrected chi connectivity index (χ1v) is 25.5. The van der Waals surface area contributed by atoms with Crippen LogP contribution in [-0.2, 0) is 29.6 Å². The number of carbonyl (C=O) groups is 2. The Balaban J connectivity index is 1.40. The molecule has 20 heteroatoms. The molecule has 2 N–H and O–H groups in total. The van der Waals surface area contributed by atoms with E-state index >= 15 is 0 Å². The van der Waals surface area contributed by atoms with E-state index in [4.69, 9.17) is 18.9 Å². The molecule has 4 rings (SSSR count). The number of unbranched alkanes of at least 4 members (excludes halogenated alkanes) is 10.